The summed E-state index contributed by atoms with van der Waals surface area (Å²) < 4.78 is 1.73. The van der Waals surface area contributed by atoms with Gasteiger partial charge in [0.05, 0.1) is 23.6 Å². The summed E-state index contributed by atoms with van der Waals surface area (Å²) in [7, 11) is 0. The molecule has 0 aliphatic rings. The van der Waals surface area contributed by atoms with Crippen molar-refractivity contribution in [3.8, 4) is 22.6 Å². The summed E-state index contributed by atoms with van der Waals surface area (Å²) in [4.78, 5) is 24.9. The lowest BCUT2D eigenvalue weighted by atomic mass is 10.1. The highest BCUT2D eigenvalue weighted by atomic mass is 16.1. The summed E-state index contributed by atoms with van der Waals surface area (Å²) in [6.07, 6.45) is 5.31. The fraction of sp³-hybridized carbons (Fsp3) is 0.136. The number of hydrogen-bond acceptors (Lipinski definition) is 5. The number of amides is 1. The summed E-state index contributed by atoms with van der Waals surface area (Å²) in [5.74, 6) is -0.571. The number of nitrogens with two attached hydrogens (primary N) is 1. The number of rotatable bonds is 5. The molecule has 0 fully saturated rings. The quantitative estimate of drug-likeness (QED) is 0.570. The van der Waals surface area contributed by atoms with Gasteiger partial charge in [-0.15, -0.1) is 0 Å². The molecule has 29 heavy (non-hydrogen) atoms. The van der Waals surface area contributed by atoms with Crippen molar-refractivity contribution in [2.24, 2.45) is 5.73 Å². The lowest BCUT2D eigenvalue weighted by Gasteiger charge is -2.10. The smallest absolute Gasteiger partial charge is 0.269 e. The van der Waals surface area contributed by atoms with Crippen molar-refractivity contribution in [3.05, 3.63) is 83.6 Å². The molecule has 0 atom stereocenters. The van der Waals surface area contributed by atoms with Gasteiger partial charge < -0.3 is 5.73 Å². The number of hydrogen-bond donors (Lipinski definition) is 1. The van der Waals surface area contributed by atoms with E-state index in [4.69, 9.17) is 5.73 Å². The van der Waals surface area contributed by atoms with Gasteiger partial charge in [-0.2, -0.15) is 5.10 Å². The van der Waals surface area contributed by atoms with Crippen LogP contribution < -0.4 is 5.73 Å². The van der Waals surface area contributed by atoms with E-state index < -0.39 is 5.91 Å². The Morgan fingerprint density at radius 2 is 1.90 bits per heavy atom. The molecule has 0 aliphatic carbocycles. The summed E-state index contributed by atoms with van der Waals surface area (Å²) in [5.41, 5.74) is 12.0. The van der Waals surface area contributed by atoms with Crippen molar-refractivity contribution in [1.82, 2.24) is 24.7 Å². The first-order chi connectivity index (χ1) is 14.0. The molecule has 0 aliphatic heterocycles. The van der Waals surface area contributed by atoms with Gasteiger partial charge in [0.2, 0.25) is 0 Å². The number of carbonyl (C=O) groups excluding carboxylic acids is 1. The highest BCUT2D eigenvalue weighted by molar-refractivity contribution is 5.91. The zero-order valence-electron chi connectivity index (χ0n) is 16.2. The average molecular weight is 384 g/mol. The van der Waals surface area contributed by atoms with Crippen LogP contribution >= 0.6 is 0 Å². The van der Waals surface area contributed by atoms with E-state index in [0.29, 0.717) is 6.54 Å². The Hall–Kier alpha value is -3.87. The third-order valence-corrected chi connectivity index (χ3v) is 4.60. The van der Waals surface area contributed by atoms with Crippen LogP contribution in [0.3, 0.4) is 0 Å². The first-order valence-electron chi connectivity index (χ1n) is 9.19. The van der Waals surface area contributed by atoms with Crippen LogP contribution in [0.25, 0.3) is 22.6 Å². The molecule has 2 N–H and O–H groups in total. The maximum absolute atomic E-state index is 11.6. The molecule has 144 valence electrons. The summed E-state index contributed by atoms with van der Waals surface area (Å²) in [6, 6.07) is 13.3. The number of pyridine rings is 3. The molecule has 0 aromatic carbocycles. The second-order valence-electron chi connectivity index (χ2n) is 6.85. The molecule has 7 heteroatoms. The first-order valence-corrected chi connectivity index (χ1v) is 9.19. The van der Waals surface area contributed by atoms with Gasteiger partial charge in [-0.25, -0.2) is 0 Å². The van der Waals surface area contributed by atoms with E-state index in [2.05, 4.69) is 26.1 Å². The van der Waals surface area contributed by atoms with Crippen molar-refractivity contribution in [2.45, 2.75) is 20.4 Å². The van der Waals surface area contributed by atoms with Crippen molar-refractivity contribution >= 4 is 5.91 Å². The number of aryl methyl sites for hydroxylation is 2. The van der Waals surface area contributed by atoms with Crippen molar-refractivity contribution in [2.75, 3.05) is 0 Å². The third-order valence-electron chi connectivity index (χ3n) is 4.60. The Kier molecular flexibility index (Phi) is 4.87. The second-order valence-corrected chi connectivity index (χ2v) is 6.85. The zero-order valence-corrected chi connectivity index (χ0v) is 16.2. The fourth-order valence-corrected chi connectivity index (χ4v) is 3.27. The van der Waals surface area contributed by atoms with Gasteiger partial charge in [-0.3, -0.25) is 24.4 Å². The molecular formula is C22H20N6O. The molecular weight excluding hydrogens is 364 g/mol. The maximum Gasteiger partial charge on any atom is 0.269 e. The number of aromatic nitrogens is 5. The minimum absolute atomic E-state index is 0.208. The van der Waals surface area contributed by atoms with E-state index in [1.807, 2.05) is 50.4 Å². The molecule has 0 spiro atoms. The van der Waals surface area contributed by atoms with Crippen LogP contribution in [0.1, 0.15) is 27.3 Å². The Morgan fingerprint density at radius 1 is 1.03 bits per heavy atom. The molecule has 1 amide bonds. The van der Waals surface area contributed by atoms with Gasteiger partial charge in [-0.1, -0.05) is 12.1 Å². The lowest BCUT2D eigenvalue weighted by Crippen LogP contribution is -2.13. The van der Waals surface area contributed by atoms with Crippen LogP contribution in [0, 0.1) is 13.8 Å². The van der Waals surface area contributed by atoms with Gasteiger partial charge in [0.15, 0.2) is 5.69 Å². The molecule has 0 unspecified atom stereocenters. The first kappa shape index (κ1) is 18.5. The molecule has 4 rings (SSSR count). The molecule has 4 aromatic heterocycles. The molecule has 7 nitrogen and oxygen atoms in total. The standard InChI is InChI=1S/C22H20N6O/c1-14-9-16(12-26-21(14)17-6-8-24-15(2)10-17)13-28-20(11-19(27-28)22(23)29)18-5-3-4-7-25-18/h3-12H,13H2,1-2H3,(H2,23,29). The van der Waals surface area contributed by atoms with Gasteiger partial charge in [0.1, 0.15) is 0 Å². The molecule has 4 aromatic rings. The Bertz CT molecular complexity index is 1180. The molecule has 0 radical (unpaired) electrons. The van der Waals surface area contributed by atoms with E-state index in [9.17, 15) is 4.79 Å². The van der Waals surface area contributed by atoms with Gasteiger partial charge >= 0.3 is 0 Å². The topological polar surface area (TPSA) is 99.6 Å². The summed E-state index contributed by atoms with van der Waals surface area (Å²) in [6.45, 7) is 4.43. The SMILES string of the molecule is Cc1cc(-c2ncc(Cn3nc(C(N)=O)cc3-c3ccccn3)cc2C)ccn1. The van der Waals surface area contributed by atoms with Crippen molar-refractivity contribution in [3.63, 3.8) is 0 Å². The molecule has 0 saturated heterocycles. The van der Waals surface area contributed by atoms with E-state index in [1.165, 1.54) is 0 Å². The van der Waals surface area contributed by atoms with E-state index >= 15 is 0 Å². The maximum atomic E-state index is 11.6. The normalized spacial score (nSPS) is 10.8. The van der Waals surface area contributed by atoms with Gasteiger partial charge in [0.25, 0.3) is 5.91 Å². The van der Waals surface area contributed by atoms with Crippen LogP contribution in [0.5, 0.6) is 0 Å². The second kappa shape index (κ2) is 7.63. The zero-order chi connectivity index (χ0) is 20.4. The highest BCUT2D eigenvalue weighted by Gasteiger charge is 2.15. The van der Waals surface area contributed by atoms with E-state index in [0.717, 1.165) is 39.5 Å². The average Bonchev–Trinajstić information content (AvgIpc) is 3.13. The summed E-state index contributed by atoms with van der Waals surface area (Å²) in [5, 5.41) is 4.37. The largest absolute Gasteiger partial charge is 0.364 e. The number of primary amides is 1. The predicted molar refractivity (Wildman–Crippen MR) is 110 cm³/mol. The fourth-order valence-electron chi connectivity index (χ4n) is 3.27. The van der Waals surface area contributed by atoms with Crippen LogP contribution in [0.15, 0.2) is 61.1 Å². The van der Waals surface area contributed by atoms with E-state index in [-0.39, 0.29) is 5.69 Å². The van der Waals surface area contributed by atoms with Crippen LogP contribution in [0.2, 0.25) is 0 Å². The third kappa shape index (κ3) is 3.89. The van der Waals surface area contributed by atoms with Crippen LogP contribution in [-0.4, -0.2) is 30.6 Å². The van der Waals surface area contributed by atoms with Crippen LogP contribution in [0.4, 0.5) is 0 Å². The minimum atomic E-state index is -0.571. The van der Waals surface area contributed by atoms with E-state index in [1.54, 1.807) is 23.1 Å². The van der Waals surface area contributed by atoms with Crippen molar-refractivity contribution < 1.29 is 4.79 Å². The Labute approximate surface area is 168 Å². The Morgan fingerprint density at radius 3 is 2.59 bits per heavy atom. The predicted octanol–water partition coefficient (Wildman–Crippen LogP) is 3.17. The number of carbonyl (C=O) groups is 1. The Balaban J connectivity index is 1.69. The van der Waals surface area contributed by atoms with Crippen LogP contribution in [-0.2, 0) is 6.54 Å². The summed E-state index contributed by atoms with van der Waals surface area (Å²) >= 11 is 0. The molecule has 4 heterocycles. The highest BCUT2D eigenvalue weighted by Crippen LogP contribution is 2.24. The number of nitrogens with zero attached hydrogens (tertiary/aromatic N) is 5. The van der Waals surface area contributed by atoms with Gasteiger partial charge in [-0.05, 0) is 55.3 Å². The van der Waals surface area contributed by atoms with Crippen molar-refractivity contribution in [1.29, 1.82) is 0 Å². The van der Waals surface area contributed by atoms with Gasteiger partial charge in [0, 0.05) is 29.8 Å². The molecule has 0 saturated carbocycles. The monoisotopic (exact) mass is 384 g/mol. The minimum Gasteiger partial charge on any atom is -0.364 e. The molecule has 0 bridgehead atoms. The lowest BCUT2D eigenvalue weighted by molar-refractivity contribution is 0.0995.